The summed E-state index contributed by atoms with van der Waals surface area (Å²) in [7, 11) is 0. The van der Waals surface area contributed by atoms with E-state index in [4.69, 9.17) is 42.1 Å². The van der Waals surface area contributed by atoms with Gasteiger partial charge in [-0.2, -0.15) is 10.2 Å². The van der Waals surface area contributed by atoms with Crippen molar-refractivity contribution in [2.24, 2.45) is 10.2 Å². The molecule has 0 aromatic heterocycles. The predicted octanol–water partition coefficient (Wildman–Crippen LogP) is 6.27. The molecule has 11 heteroatoms. The van der Waals surface area contributed by atoms with Gasteiger partial charge in [0.05, 0.1) is 42.8 Å². The summed E-state index contributed by atoms with van der Waals surface area (Å²) in [6, 6.07) is 4.74. The van der Waals surface area contributed by atoms with Crippen molar-refractivity contribution in [2.75, 3.05) is 31.7 Å². The highest BCUT2D eigenvalue weighted by molar-refractivity contribution is 6.33. The smallest absolute Gasteiger partial charge is 0.258 e. The number of halogens is 2. The van der Waals surface area contributed by atoms with Gasteiger partial charge < -0.3 is 24.3 Å². The van der Waals surface area contributed by atoms with Gasteiger partial charge in [-0.3, -0.25) is 9.59 Å². The number of nitrogens with zero attached hydrogens (tertiary/aromatic N) is 2. The summed E-state index contributed by atoms with van der Waals surface area (Å²) in [4.78, 5) is 25.2. The van der Waals surface area contributed by atoms with Gasteiger partial charge in [-0.25, -0.2) is 0 Å². The maximum Gasteiger partial charge on any atom is 0.258 e. The minimum absolute atomic E-state index is 0.274. The fourth-order valence-corrected chi connectivity index (χ4v) is 3.39. The summed E-state index contributed by atoms with van der Waals surface area (Å²) < 4.78 is 22.1. The average molecular weight is 526 g/mol. The van der Waals surface area contributed by atoms with Crippen molar-refractivity contribution in [2.45, 2.75) is 40.7 Å². The molecule has 0 aliphatic heterocycles. The molecule has 0 aliphatic rings. The Morgan fingerprint density at radius 3 is 1.86 bits per heavy atom. The number of ketones is 1. The second-order valence-corrected chi connectivity index (χ2v) is 7.77. The number of carbonyl (C=O) groups is 2. The van der Waals surface area contributed by atoms with Gasteiger partial charge in [0, 0.05) is 18.2 Å². The minimum atomic E-state index is -1.42. The van der Waals surface area contributed by atoms with Crippen LogP contribution in [-0.4, -0.2) is 44.2 Å². The van der Waals surface area contributed by atoms with Crippen molar-refractivity contribution in [3.63, 3.8) is 0 Å². The lowest BCUT2D eigenvalue weighted by molar-refractivity contribution is -0.126. The van der Waals surface area contributed by atoms with Gasteiger partial charge in [-0.15, -0.1) is 0 Å². The Balaban J connectivity index is 2.35. The van der Waals surface area contributed by atoms with Crippen LogP contribution >= 0.6 is 23.2 Å². The first-order chi connectivity index (χ1) is 16.7. The molecule has 0 aliphatic carbocycles. The van der Waals surface area contributed by atoms with Crippen molar-refractivity contribution in [1.29, 1.82) is 0 Å². The molecule has 0 bridgehead atoms. The van der Waals surface area contributed by atoms with Gasteiger partial charge >= 0.3 is 0 Å². The Labute approximate surface area is 214 Å². The van der Waals surface area contributed by atoms with Gasteiger partial charge in [-0.05, 0) is 40.7 Å². The molecular weight excluding hydrogens is 497 g/mol. The number of hydrogen-bond acceptors (Lipinski definition) is 8. The van der Waals surface area contributed by atoms with E-state index in [1.54, 1.807) is 25.1 Å². The van der Waals surface area contributed by atoms with E-state index >= 15 is 0 Å². The molecule has 2 rings (SSSR count). The van der Waals surface area contributed by atoms with Gasteiger partial charge in [0.15, 0.2) is 5.78 Å². The number of ether oxygens (including phenoxy) is 4. The molecule has 2 aromatic rings. The van der Waals surface area contributed by atoms with Gasteiger partial charge in [0.2, 0.25) is 6.04 Å². The molecule has 0 heterocycles. The molecule has 1 N–H and O–H groups in total. The Kier molecular flexibility index (Phi) is 11.1. The van der Waals surface area contributed by atoms with Crippen LogP contribution in [0.3, 0.4) is 0 Å². The van der Waals surface area contributed by atoms with Crippen LogP contribution in [0.1, 0.15) is 34.6 Å². The predicted molar refractivity (Wildman–Crippen MR) is 135 cm³/mol. The highest BCUT2D eigenvalue weighted by atomic mass is 35.5. The second-order valence-electron chi connectivity index (χ2n) is 6.98. The number of carbonyl (C=O) groups excluding carboxylic acids is 2. The van der Waals surface area contributed by atoms with Crippen molar-refractivity contribution >= 4 is 46.3 Å². The van der Waals surface area contributed by atoms with E-state index in [1.807, 2.05) is 20.8 Å². The molecule has 0 radical (unpaired) electrons. The zero-order chi connectivity index (χ0) is 26.0. The summed E-state index contributed by atoms with van der Waals surface area (Å²) in [6.45, 7) is 9.98. The molecule has 0 fully saturated rings. The molecule has 1 unspecified atom stereocenters. The number of anilines is 1. The summed E-state index contributed by atoms with van der Waals surface area (Å²) >= 11 is 12.6. The van der Waals surface area contributed by atoms with Crippen molar-refractivity contribution in [1.82, 2.24) is 0 Å². The third kappa shape index (κ3) is 7.73. The minimum Gasteiger partial charge on any atom is -0.492 e. The van der Waals surface area contributed by atoms with E-state index in [1.165, 1.54) is 13.0 Å². The molecule has 1 atom stereocenters. The summed E-state index contributed by atoms with van der Waals surface area (Å²) in [5.74, 6) is 0.244. The normalized spacial score (nSPS) is 11.7. The van der Waals surface area contributed by atoms with Crippen LogP contribution in [-0.2, 0) is 9.59 Å². The first kappa shape index (κ1) is 28.2. The van der Waals surface area contributed by atoms with Crippen LogP contribution in [0.25, 0.3) is 0 Å². The second kappa shape index (κ2) is 13.7. The lowest BCUT2D eigenvalue weighted by atomic mass is 10.2. The average Bonchev–Trinajstić information content (AvgIpc) is 2.80. The van der Waals surface area contributed by atoms with Crippen LogP contribution in [0.4, 0.5) is 11.4 Å². The Morgan fingerprint density at radius 1 is 0.829 bits per heavy atom. The van der Waals surface area contributed by atoms with E-state index in [0.717, 1.165) is 0 Å². The lowest BCUT2D eigenvalue weighted by Gasteiger charge is -2.16. The molecular formula is C24H29Cl2N3O6. The van der Waals surface area contributed by atoms with Gasteiger partial charge in [-0.1, -0.05) is 23.2 Å². The molecule has 1 amide bonds. The maximum atomic E-state index is 13.0. The van der Waals surface area contributed by atoms with Gasteiger partial charge in [0.1, 0.15) is 28.0 Å². The molecule has 35 heavy (non-hydrogen) atoms. The van der Waals surface area contributed by atoms with Crippen LogP contribution in [0.5, 0.6) is 23.0 Å². The van der Waals surface area contributed by atoms with E-state index in [9.17, 15) is 9.59 Å². The third-order valence-electron chi connectivity index (χ3n) is 4.40. The maximum absolute atomic E-state index is 13.0. The standard InChI is InChI=1S/C24H29Cl2N3O6/c1-6-32-18-13-19(33-7-2)17(12-16(18)25)27-24(31)23(14(5)30)29-28-15-10-20(34-8-3)22(26)21(11-15)35-9-4/h10-13,23H,6-9H2,1-5H3,(H,27,31). The Bertz CT molecular complexity index is 1050. The number of Topliss-reactive ketones (excluding diaryl/α,β-unsaturated/α-hetero) is 1. The number of hydrogen-bond donors (Lipinski definition) is 1. The Hall–Kier alpha value is -3.04. The van der Waals surface area contributed by atoms with E-state index < -0.39 is 17.7 Å². The molecule has 9 nitrogen and oxygen atoms in total. The van der Waals surface area contributed by atoms with Crippen molar-refractivity contribution in [3.8, 4) is 23.0 Å². The summed E-state index contributed by atoms with van der Waals surface area (Å²) in [6.07, 6.45) is 0. The zero-order valence-electron chi connectivity index (χ0n) is 20.3. The zero-order valence-corrected chi connectivity index (χ0v) is 21.8. The lowest BCUT2D eigenvalue weighted by Crippen LogP contribution is -2.32. The number of azo groups is 1. The van der Waals surface area contributed by atoms with Crippen molar-refractivity contribution < 1.29 is 28.5 Å². The first-order valence-electron chi connectivity index (χ1n) is 11.2. The molecule has 0 saturated heterocycles. The SMILES string of the molecule is CCOc1cc(OCC)c(NC(=O)C(N=Nc2cc(OCC)c(Cl)c(OCC)c2)C(C)=O)cc1Cl. The first-order valence-corrected chi connectivity index (χ1v) is 11.9. The van der Waals surface area contributed by atoms with Crippen LogP contribution in [0, 0.1) is 0 Å². The highest BCUT2D eigenvalue weighted by Crippen LogP contribution is 2.39. The molecule has 0 saturated carbocycles. The van der Waals surface area contributed by atoms with E-state index in [0.29, 0.717) is 60.1 Å². The monoisotopic (exact) mass is 525 g/mol. The van der Waals surface area contributed by atoms with Crippen LogP contribution < -0.4 is 24.3 Å². The molecule has 190 valence electrons. The summed E-state index contributed by atoms with van der Waals surface area (Å²) in [5, 5.41) is 11.3. The highest BCUT2D eigenvalue weighted by Gasteiger charge is 2.25. The molecule has 0 spiro atoms. The Morgan fingerprint density at radius 2 is 1.34 bits per heavy atom. The summed E-state index contributed by atoms with van der Waals surface area (Å²) in [5.41, 5.74) is 0.579. The topological polar surface area (TPSA) is 108 Å². The van der Waals surface area contributed by atoms with Crippen LogP contribution in [0.2, 0.25) is 10.0 Å². The van der Waals surface area contributed by atoms with Gasteiger partial charge in [0.25, 0.3) is 5.91 Å². The van der Waals surface area contributed by atoms with E-state index in [2.05, 4.69) is 15.5 Å². The number of nitrogens with one attached hydrogen (secondary N) is 1. The fraction of sp³-hybridized carbons (Fsp3) is 0.417. The van der Waals surface area contributed by atoms with E-state index in [-0.39, 0.29) is 10.7 Å². The number of benzene rings is 2. The third-order valence-corrected chi connectivity index (χ3v) is 5.07. The van der Waals surface area contributed by atoms with Crippen molar-refractivity contribution in [3.05, 3.63) is 34.3 Å². The van der Waals surface area contributed by atoms with Crippen LogP contribution in [0.15, 0.2) is 34.5 Å². The number of amides is 1. The number of rotatable bonds is 13. The quantitative estimate of drug-likeness (QED) is 0.244. The molecule has 2 aromatic carbocycles. The fourth-order valence-electron chi connectivity index (χ4n) is 2.95. The largest absolute Gasteiger partial charge is 0.492 e.